The Balaban J connectivity index is 1.35. The molecule has 0 amide bonds. The van der Waals surface area contributed by atoms with Crippen LogP contribution in [0.1, 0.15) is 89.1 Å². The van der Waals surface area contributed by atoms with Crippen molar-refractivity contribution < 1.29 is 9.47 Å². The van der Waals surface area contributed by atoms with Crippen molar-refractivity contribution in [3.8, 4) is 40.1 Å². The first-order valence-electron chi connectivity index (χ1n) is 21.9. The van der Waals surface area contributed by atoms with Crippen LogP contribution in [0.25, 0.3) is 69.8 Å². The number of rotatable bonds is 18. The number of para-hydroxylation sites is 2. The Labute approximate surface area is 371 Å². The second-order valence-corrected chi connectivity index (χ2v) is 18.0. The minimum absolute atomic E-state index is 0.406. The van der Waals surface area contributed by atoms with Crippen molar-refractivity contribution in [2.75, 3.05) is 13.2 Å². The highest BCUT2D eigenvalue weighted by atomic mass is 32.1. The number of fused-ring (bicyclic) bond motifs is 3. The number of nitrogens with one attached hydrogen (secondary N) is 2. The molecule has 0 fully saturated rings. The third kappa shape index (κ3) is 8.90. The van der Waals surface area contributed by atoms with E-state index in [4.69, 9.17) is 26.0 Å². The molecule has 0 radical (unpaired) electrons. The molecule has 0 saturated heterocycles. The van der Waals surface area contributed by atoms with Gasteiger partial charge in [-0.2, -0.15) is 5.26 Å². The quantitative estimate of drug-likeness (QED) is 0.0837. The SMILES string of the molecule is [C-]#[N+]C(c1nc2ccccc2s1)=c1[nH]c(-c2ccc(OCC(CC)CCCC)cc2)c2c(=C(C#N)c3nc4ccccc4s3)[nH]c(-c3ccc(OCC(CC)CCCC)cc3)c12. The van der Waals surface area contributed by atoms with Crippen LogP contribution >= 0.6 is 22.7 Å². The summed E-state index contributed by atoms with van der Waals surface area (Å²) in [5.74, 6) is 2.63. The Morgan fingerprint density at radius 3 is 1.60 bits per heavy atom. The zero-order valence-electron chi connectivity index (χ0n) is 35.9. The number of aromatic amines is 2. The van der Waals surface area contributed by atoms with Crippen LogP contribution in [0.4, 0.5) is 0 Å². The lowest BCUT2D eigenvalue weighted by atomic mass is 10.0. The van der Waals surface area contributed by atoms with E-state index < -0.39 is 0 Å². The topological polar surface area (TPSA) is 104 Å². The molecule has 0 aliphatic carbocycles. The molecule has 62 heavy (non-hydrogen) atoms. The maximum absolute atomic E-state index is 11.1. The summed E-state index contributed by atoms with van der Waals surface area (Å²) >= 11 is 2.99. The molecule has 4 heterocycles. The van der Waals surface area contributed by atoms with Gasteiger partial charge >= 0.3 is 0 Å². The number of unbranched alkanes of at least 4 members (excludes halogenated alkanes) is 2. The van der Waals surface area contributed by atoms with Gasteiger partial charge in [-0.1, -0.05) is 90.5 Å². The van der Waals surface area contributed by atoms with Gasteiger partial charge < -0.3 is 19.4 Å². The van der Waals surface area contributed by atoms with Crippen molar-refractivity contribution in [1.82, 2.24) is 19.9 Å². The van der Waals surface area contributed by atoms with Crippen LogP contribution in [-0.2, 0) is 0 Å². The van der Waals surface area contributed by atoms with Gasteiger partial charge in [-0.15, -0.1) is 22.7 Å². The highest BCUT2D eigenvalue weighted by Gasteiger charge is 2.24. The maximum atomic E-state index is 11.1. The molecule has 0 spiro atoms. The van der Waals surface area contributed by atoms with Crippen LogP contribution < -0.4 is 20.2 Å². The lowest BCUT2D eigenvalue weighted by Gasteiger charge is -2.15. The molecule has 4 aromatic heterocycles. The predicted octanol–water partition coefficient (Wildman–Crippen LogP) is 13.0. The van der Waals surface area contributed by atoms with E-state index in [2.05, 4.69) is 72.8 Å². The number of thiazole rings is 2. The maximum Gasteiger partial charge on any atom is 0.245 e. The minimum Gasteiger partial charge on any atom is -0.493 e. The standard InChI is InChI=1S/C52H52N6O2S2/c1-6-10-16-33(8-3)31-59-37-26-22-35(23-27-37)46-44-45(49(58-46)50(54-5)52-56-41-19-13-15-21-43(41)62-52)47(36-24-28-38(29-25-36)60-32-34(9-4)17-11-7-2)57-48(44)39(30-53)51-55-40-18-12-14-20-42(40)61-51/h12-15,18-29,33-34,57-58H,6-11,16-17,31-32H2,1-4H3. The van der Waals surface area contributed by atoms with E-state index in [1.165, 1.54) is 48.4 Å². The van der Waals surface area contributed by atoms with Crippen LogP contribution in [0.3, 0.4) is 0 Å². The van der Waals surface area contributed by atoms with Crippen molar-refractivity contribution >= 4 is 65.1 Å². The molecule has 2 unspecified atom stereocenters. The number of aromatic nitrogens is 4. The molecule has 0 aliphatic heterocycles. The highest BCUT2D eigenvalue weighted by Crippen LogP contribution is 2.36. The largest absolute Gasteiger partial charge is 0.493 e. The first-order chi connectivity index (χ1) is 30.5. The van der Waals surface area contributed by atoms with Crippen LogP contribution in [0, 0.1) is 29.7 Å². The third-order valence-electron chi connectivity index (χ3n) is 11.8. The Morgan fingerprint density at radius 2 is 1.13 bits per heavy atom. The second-order valence-electron chi connectivity index (χ2n) is 15.9. The molecule has 8 aromatic rings. The van der Waals surface area contributed by atoms with E-state index in [0.29, 0.717) is 57.0 Å². The summed E-state index contributed by atoms with van der Waals surface area (Å²) in [6, 6.07) is 34.8. The zero-order valence-corrected chi connectivity index (χ0v) is 37.5. The van der Waals surface area contributed by atoms with Crippen molar-refractivity contribution in [2.24, 2.45) is 11.8 Å². The van der Waals surface area contributed by atoms with Gasteiger partial charge in [0.1, 0.15) is 33.2 Å². The molecule has 4 aromatic carbocycles. The van der Waals surface area contributed by atoms with E-state index in [9.17, 15) is 5.26 Å². The monoisotopic (exact) mass is 856 g/mol. The van der Waals surface area contributed by atoms with Crippen molar-refractivity contribution in [2.45, 2.75) is 79.1 Å². The fourth-order valence-electron chi connectivity index (χ4n) is 8.08. The second kappa shape index (κ2) is 19.7. The third-order valence-corrected chi connectivity index (χ3v) is 13.9. The first kappa shape index (κ1) is 42.5. The van der Waals surface area contributed by atoms with Crippen LogP contribution in [0.5, 0.6) is 11.5 Å². The van der Waals surface area contributed by atoms with Gasteiger partial charge in [-0.25, -0.2) is 14.8 Å². The molecule has 2 N–H and O–H groups in total. The van der Waals surface area contributed by atoms with E-state index in [-0.39, 0.29) is 0 Å². The summed E-state index contributed by atoms with van der Waals surface area (Å²) in [6.07, 6.45) is 9.21. The molecular formula is C52H52N6O2S2. The van der Waals surface area contributed by atoms with Gasteiger partial charge in [0.05, 0.1) is 62.3 Å². The number of nitrogens with zero attached hydrogens (tertiary/aromatic N) is 4. The van der Waals surface area contributed by atoms with Crippen molar-refractivity contribution in [3.63, 3.8) is 0 Å². The van der Waals surface area contributed by atoms with Gasteiger partial charge in [0.2, 0.25) is 5.70 Å². The summed E-state index contributed by atoms with van der Waals surface area (Å²) < 4.78 is 14.7. The Kier molecular flexibility index (Phi) is 13.5. The summed E-state index contributed by atoms with van der Waals surface area (Å²) in [6.45, 7) is 18.9. The lowest BCUT2D eigenvalue weighted by molar-refractivity contribution is 0.233. The average Bonchev–Trinajstić information content (AvgIpc) is 4.11. The fraction of sp³-hybridized carbons (Fsp3) is 0.308. The van der Waals surface area contributed by atoms with Gasteiger partial charge in [0.25, 0.3) is 0 Å². The molecule has 0 aliphatic rings. The summed E-state index contributed by atoms with van der Waals surface area (Å²) in [7, 11) is 0. The van der Waals surface area contributed by atoms with Gasteiger partial charge in [0.15, 0.2) is 0 Å². The smallest absolute Gasteiger partial charge is 0.245 e. The molecule has 2 atom stereocenters. The minimum atomic E-state index is 0.406. The van der Waals surface area contributed by atoms with Crippen LogP contribution in [0.15, 0.2) is 97.1 Å². The van der Waals surface area contributed by atoms with Gasteiger partial charge in [-0.3, -0.25) is 0 Å². The number of hydrogen-bond donors (Lipinski definition) is 2. The van der Waals surface area contributed by atoms with Crippen molar-refractivity contribution in [1.29, 1.82) is 5.26 Å². The van der Waals surface area contributed by atoms with E-state index in [0.717, 1.165) is 90.9 Å². The normalized spacial score (nSPS) is 13.5. The van der Waals surface area contributed by atoms with E-state index in [1.807, 2.05) is 72.8 Å². The number of ether oxygens (including phenoxy) is 2. The van der Waals surface area contributed by atoms with E-state index in [1.54, 1.807) is 0 Å². The average molecular weight is 857 g/mol. The number of hydrogen-bond acceptors (Lipinski definition) is 7. The molecule has 0 saturated carbocycles. The fourth-order valence-corrected chi connectivity index (χ4v) is 10.0. The van der Waals surface area contributed by atoms with E-state index >= 15 is 0 Å². The number of H-pyrrole nitrogens is 2. The Hall–Kier alpha value is -6.20. The predicted molar refractivity (Wildman–Crippen MR) is 257 cm³/mol. The molecule has 10 heteroatoms. The molecule has 8 nitrogen and oxygen atoms in total. The molecule has 314 valence electrons. The molecule has 8 rings (SSSR count). The summed E-state index contributed by atoms with van der Waals surface area (Å²) in [5, 5.41) is 15.2. The summed E-state index contributed by atoms with van der Waals surface area (Å²) in [4.78, 5) is 21.6. The molecular weight excluding hydrogens is 805 g/mol. The van der Waals surface area contributed by atoms with Gasteiger partial charge in [0, 0.05) is 10.8 Å². The molecule has 0 bridgehead atoms. The first-order valence-corrected chi connectivity index (χ1v) is 23.6. The Bertz CT molecular complexity index is 2740. The highest BCUT2D eigenvalue weighted by molar-refractivity contribution is 7.20. The number of benzene rings is 4. The van der Waals surface area contributed by atoms with Gasteiger partial charge in [-0.05, 0) is 109 Å². The number of nitriles is 1. The van der Waals surface area contributed by atoms with Crippen molar-refractivity contribution in [3.05, 3.63) is 129 Å². The summed E-state index contributed by atoms with van der Waals surface area (Å²) in [5.41, 5.74) is 5.86. The zero-order chi connectivity index (χ0) is 43.0. The Morgan fingerprint density at radius 1 is 0.661 bits per heavy atom. The van der Waals surface area contributed by atoms with Crippen LogP contribution in [0.2, 0.25) is 0 Å². The lowest BCUT2D eigenvalue weighted by Crippen LogP contribution is -2.11. The van der Waals surface area contributed by atoms with Crippen LogP contribution in [-0.4, -0.2) is 33.1 Å².